The first-order valence-electron chi connectivity index (χ1n) is 8.25. The highest BCUT2D eigenvalue weighted by atomic mass is 16.6. The van der Waals surface area contributed by atoms with Gasteiger partial charge in [0.2, 0.25) is 5.91 Å². The number of hydrogen-bond acceptors (Lipinski definition) is 5. The number of ether oxygens (including phenoxy) is 1. The van der Waals surface area contributed by atoms with Crippen LogP contribution in [0.2, 0.25) is 0 Å². The van der Waals surface area contributed by atoms with E-state index < -0.39 is 22.7 Å². The Labute approximate surface area is 140 Å². The molecule has 2 rings (SSSR count). The fraction of sp³-hybridized carbons (Fsp3) is 0.529. The van der Waals surface area contributed by atoms with Crippen LogP contribution in [-0.4, -0.2) is 23.4 Å². The molecule has 1 atom stereocenters. The Morgan fingerprint density at radius 1 is 1.25 bits per heavy atom. The number of hydrogen-bond donors (Lipinski definition) is 1. The van der Waals surface area contributed by atoms with Gasteiger partial charge >= 0.3 is 5.97 Å². The van der Waals surface area contributed by atoms with E-state index in [1.165, 1.54) is 24.3 Å². The molecule has 1 amide bonds. The molecule has 1 saturated carbocycles. The van der Waals surface area contributed by atoms with E-state index in [1.807, 2.05) is 0 Å². The molecule has 1 aromatic rings. The third-order valence-corrected chi connectivity index (χ3v) is 4.29. The van der Waals surface area contributed by atoms with Gasteiger partial charge in [0.25, 0.3) is 5.69 Å². The van der Waals surface area contributed by atoms with Crippen LogP contribution >= 0.6 is 0 Å². The first kappa shape index (κ1) is 17.9. The van der Waals surface area contributed by atoms with Crippen molar-refractivity contribution in [1.29, 1.82) is 0 Å². The Bertz CT molecular complexity index is 594. The minimum absolute atomic E-state index is 0.0177. The lowest BCUT2D eigenvalue weighted by atomic mass is 9.79. The van der Waals surface area contributed by atoms with Crippen LogP contribution in [0.5, 0.6) is 0 Å². The maximum atomic E-state index is 12.6. The lowest BCUT2D eigenvalue weighted by molar-refractivity contribution is -0.384. The molecule has 1 aliphatic carbocycles. The summed E-state index contributed by atoms with van der Waals surface area (Å²) < 4.78 is 5.08. The van der Waals surface area contributed by atoms with Gasteiger partial charge in [-0.05, 0) is 37.8 Å². The normalized spacial score (nSPS) is 16.2. The SMILES string of the molecule is CCOC(=O)[C@@H](C(=O)Nc1ccc([N+](=O)[O-])cc1)C1CCCCC1. The van der Waals surface area contributed by atoms with E-state index in [2.05, 4.69) is 5.32 Å². The molecule has 1 N–H and O–H groups in total. The Morgan fingerprint density at radius 2 is 1.88 bits per heavy atom. The van der Waals surface area contributed by atoms with E-state index in [-0.39, 0.29) is 18.2 Å². The van der Waals surface area contributed by atoms with E-state index in [1.54, 1.807) is 6.92 Å². The van der Waals surface area contributed by atoms with Gasteiger partial charge in [-0.1, -0.05) is 19.3 Å². The van der Waals surface area contributed by atoms with Gasteiger partial charge in [-0.3, -0.25) is 19.7 Å². The molecular formula is C17H22N2O5. The summed E-state index contributed by atoms with van der Waals surface area (Å²) in [6.45, 7) is 1.94. The third kappa shape index (κ3) is 4.53. The second kappa shape index (κ2) is 8.42. The molecule has 0 heterocycles. The van der Waals surface area contributed by atoms with Gasteiger partial charge in [0.05, 0.1) is 11.5 Å². The summed E-state index contributed by atoms with van der Waals surface area (Å²) >= 11 is 0. The first-order chi connectivity index (χ1) is 11.5. The largest absolute Gasteiger partial charge is 0.465 e. The fourth-order valence-corrected chi connectivity index (χ4v) is 3.10. The highest BCUT2D eigenvalue weighted by molar-refractivity contribution is 6.05. The van der Waals surface area contributed by atoms with Gasteiger partial charge in [0, 0.05) is 17.8 Å². The third-order valence-electron chi connectivity index (χ3n) is 4.29. The molecule has 0 aromatic heterocycles. The van der Waals surface area contributed by atoms with Gasteiger partial charge in [0.1, 0.15) is 5.92 Å². The molecule has 7 nitrogen and oxygen atoms in total. The summed E-state index contributed by atoms with van der Waals surface area (Å²) in [5.41, 5.74) is 0.373. The summed E-state index contributed by atoms with van der Waals surface area (Å²) in [5.74, 6) is -1.76. The Balaban J connectivity index is 2.11. The van der Waals surface area contributed by atoms with Gasteiger partial charge in [-0.2, -0.15) is 0 Å². The topological polar surface area (TPSA) is 98.5 Å². The summed E-state index contributed by atoms with van der Waals surface area (Å²) in [5, 5.41) is 13.3. The van der Waals surface area contributed by atoms with Crippen molar-refractivity contribution in [2.24, 2.45) is 11.8 Å². The van der Waals surface area contributed by atoms with Crippen LogP contribution in [0.15, 0.2) is 24.3 Å². The monoisotopic (exact) mass is 334 g/mol. The number of non-ortho nitro benzene ring substituents is 1. The number of amides is 1. The molecule has 0 spiro atoms. The van der Waals surface area contributed by atoms with E-state index in [9.17, 15) is 19.7 Å². The van der Waals surface area contributed by atoms with Gasteiger partial charge in [-0.15, -0.1) is 0 Å². The van der Waals surface area contributed by atoms with Gasteiger partial charge in [-0.25, -0.2) is 0 Å². The van der Waals surface area contributed by atoms with Crippen LogP contribution in [0.1, 0.15) is 39.0 Å². The minimum Gasteiger partial charge on any atom is -0.465 e. The average molecular weight is 334 g/mol. The van der Waals surface area contributed by atoms with Gasteiger partial charge in [0.15, 0.2) is 0 Å². The maximum Gasteiger partial charge on any atom is 0.318 e. The zero-order chi connectivity index (χ0) is 17.5. The summed E-state index contributed by atoms with van der Waals surface area (Å²) in [7, 11) is 0. The molecule has 1 fully saturated rings. The van der Waals surface area contributed by atoms with Crippen molar-refractivity contribution in [3.05, 3.63) is 34.4 Å². The molecule has 1 aliphatic rings. The summed E-state index contributed by atoms with van der Waals surface area (Å²) in [4.78, 5) is 35.0. The lowest BCUT2D eigenvalue weighted by Crippen LogP contribution is -2.37. The van der Waals surface area contributed by atoms with Crippen molar-refractivity contribution in [2.75, 3.05) is 11.9 Å². The number of esters is 1. The lowest BCUT2D eigenvalue weighted by Gasteiger charge is -2.27. The number of nitrogens with zero attached hydrogens (tertiary/aromatic N) is 1. The van der Waals surface area contributed by atoms with Crippen LogP contribution in [0.3, 0.4) is 0 Å². The van der Waals surface area contributed by atoms with Crippen molar-refractivity contribution in [2.45, 2.75) is 39.0 Å². The van der Waals surface area contributed by atoms with Crippen molar-refractivity contribution < 1.29 is 19.2 Å². The van der Waals surface area contributed by atoms with E-state index in [0.717, 1.165) is 32.1 Å². The molecule has 24 heavy (non-hydrogen) atoms. The Hall–Kier alpha value is -2.44. The Morgan fingerprint density at radius 3 is 2.42 bits per heavy atom. The zero-order valence-corrected chi connectivity index (χ0v) is 13.7. The van der Waals surface area contributed by atoms with E-state index in [4.69, 9.17) is 4.74 Å². The van der Waals surface area contributed by atoms with Crippen LogP contribution in [0.4, 0.5) is 11.4 Å². The predicted octanol–water partition coefficient (Wildman–Crippen LogP) is 3.29. The van der Waals surface area contributed by atoms with Crippen LogP contribution in [0.25, 0.3) is 0 Å². The number of anilines is 1. The van der Waals surface area contributed by atoms with Crippen LogP contribution in [0, 0.1) is 22.0 Å². The molecule has 1 aromatic carbocycles. The second-order valence-electron chi connectivity index (χ2n) is 5.92. The maximum absolute atomic E-state index is 12.6. The standard InChI is InChI=1S/C17H22N2O5/c1-2-24-17(21)15(12-6-4-3-5-7-12)16(20)18-13-8-10-14(11-9-13)19(22)23/h8-12,15H,2-7H2,1H3,(H,18,20)/t15-/m1/s1. The van der Waals surface area contributed by atoms with Crippen molar-refractivity contribution >= 4 is 23.3 Å². The van der Waals surface area contributed by atoms with Crippen LogP contribution < -0.4 is 5.32 Å². The Kier molecular flexibility index (Phi) is 6.28. The highest BCUT2D eigenvalue weighted by Gasteiger charge is 2.36. The van der Waals surface area contributed by atoms with Crippen molar-refractivity contribution in [3.63, 3.8) is 0 Å². The van der Waals surface area contributed by atoms with E-state index in [0.29, 0.717) is 5.69 Å². The molecule has 0 unspecified atom stereocenters. The molecule has 0 radical (unpaired) electrons. The van der Waals surface area contributed by atoms with Crippen LogP contribution in [-0.2, 0) is 14.3 Å². The number of benzene rings is 1. The number of nitro benzene ring substituents is 1. The van der Waals surface area contributed by atoms with E-state index >= 15 is 0 Å². The highest BCUT2D eigenvalue weighted by Crippen LogP contribution is 2.31. The van der Waals surface area contributed by atoms with Crippen molar-refractivity contribution in [1.82, 2.24) is 0 Å². The number of carbonyl (C=O) groups excluding carboxylic acids is 2. The summed E-state index contributed by atoms with van der Waals surface area (Å²) in [6.07, 6.45) is 4.79. The quantitative estimate of drug-likeness (QED) is 0.372. The first-order valence-corrected chi connectivity index (χ1v) is 8.25. The molecule has 0 aliphatic heterocycles. The minimum atomic E-state index is -0.833. The molecule has 0 bridgehead atoms. The average Bonchev–Trinajstić information content (AvgIpc) is 2.56. The number of nitrogens with one attached hydrogen (secondary N) is 1. The summed E-state index contributed by atoms with van der Waals surface area (Å²) in [6, 6.07) is 5.55. The number of carbonyl (C=O) groups is 2. The smallest absolute Gasteiger partial charge is 0.318 e. The molecular weight excluding hydrogens is 312 g/mol. The number of nitro groups is 1. The second-order valence-corrected chi connectivity index (χ2v) is 5.92. The predicted molar refractivity (Wildman–Crippen MR) is 88.4 cm³/mol. The zero-order valence-electron chi connectivity index (χ0n) is 13.7. The molecule has 130 valence electrons. The molecule has 7 heteroatoms. The number of rotatable bonds is 6. The molecule has 0 saturated heterocycles. The van der Waals surface area contributed by atoms with Crippen molar-refractivity contribution in [3.8, 4) is 0 Å². The fourth-order valence-electron chi connectivity index (χ4n) is 3.10. The van der Waals surface area contributed by atoms with Gasteiger partial charge < -0.3 is 10.1 Å².